The summed E-state index contributed by atoms with van der Waals surface area (Å²) < 4.78 is 0. The largest absolute Gasteiger partial charge is 0.363 e. The van der Waals surface area contributed by atoms with E-state index in [2.05, 4.69) is 29.0 Å². The van der Waals surface area contributed by atoms with E-state index in [0.29, 0.717) is 0 Å². The summed E-state index contributed by atoms with van der Waals surface area (Å²) in [4.78, 5) is 14.0. The predicted octanol–water partition coefficient (Wildman–Crippen LogP) is 2.63. The number of rotatable bonds is 8. The molecule has 1 N–H and O–H groups in total. The van der Waals surface area contributed by atoms with Crippen LogP contribution < -0.4 is 5.69 Å². The van der Waals surface area contributed by atoms with Gasteiger partial charge in [0.2, 0.25) is 0 Å². The van der Waals surface area contributed by atoms with Crippen LogP contribution in [0.2, 0.25) is 0 Å². The van der Waals surface area contributed by atoms with Crippen molar-refractivity contribution < 1.29 is 0 Å². The van der Waals surface area contributed by atoms with Gasteiger partial charge < -0.3 is 4.98 Å². The zero-order valence-corrected chi connectivity index (χ0v) is 11.0. The first kappa shape index (κ1) is 13.9. The maximum absolute atomic E-state index is 11.2. The molecule has 4 heteroatoms. The van der Waals surface area contributed by atoms with Gasteiger partial charge in [-0.25, -0.2) is 4.79 Å². The lowest BCUT2D eigenvalue weighted by molar-refractivity contribution is 0.653. The lowest BCUT2D eigenvalue weighted by Crippen LogP contribution is -2.18. The van der Waals surface area contributed by atoms with Crippen molar-refractivity contribution in [2.45, 2.75) is 65.2 Å². The number of nitrogens with zero attached hydrogens (tertiary/aromatic N) is 2. The van der Waals surface area contributed by atoms with E-state index >= 15 is 0 Å². The van der Waals surface area contributed by atoms with E-state index in [9.17, 15) is 4.79 Å². The molecule has 0 saturated heterocycles. The Hall–Kier alpha value is -1.19. The minimum Gasteiger partial charge on any atom is -0.307 e. The Morgan fingerprint density at radius 1 is 0.941 bits per heavy atom. The first-order chi connectivity index (χ1) is 8.27. The zero-order chi connectivity index (χ0) is 12.5. The monoisotopic (exact) mass is 237 g/mol. The van der Waals surface area contributed by atoms with Crippen LogP contribution in [0.1, 0.15) is 63.8 Å². The number of aromatic amines is 1. The van der Waals surface area contributed by atoms with Crippen molar-refractivity contribution in [3.8, 4) is 0 Å². The Labute approximate surface area is 103 Å². The number of aryl methyl sites for hydroxylation is 2. The fourth-order valence-corrected chi connectivity index (χ4v) is 1.89. The van der Waals surface area contributed by atoms with Crippen molar-refractivity contribution in [2.75, 3.05) is 0 Å². The van der Waals surface area contributed by atoms with E-state index in [0.717, 1.165) is 37.1 Å². The van der Waals surface area contributed by atoms with Gasteiger partial charge in [0.1, 0.15) is 0 Å². The molecular weight excluding hydrogens is 214 g/mol. The van der Waals surface area contributed by atoms with Crippen LogP contribution in [0.25, 0.3) is 0 Å². The highest BCUT2D eigenvalue weighted by atomic mass is 16.1. The quantitative estimate of drug-likeness (QED) is 0.707. The summed E-state index contributed by atoms with van der Waals surface area (Å²) >= 11 is 0. The van der Waals surface area contributed by atoms with Crippen molar-refractivity contribution in [1.82, 2.24) is 15.2 Å². The van der Waals surface area contributed by atoms with Crippen molar-refractivity contribution >= 4 is 0 Å². The van der Waals surface area contributed by atoms with Gasteiger partial charge in [-0.2, -0.15) is 0 Å². The molecule has 0 amide bonds. The van der Waals surface area contributed by atoms with E-state index in [1.165, 1.54) is 25.7 Å². The zero-order valence-electron chi connectivity index (χ0n) is 11.0. The second kappa shape index (κ2) is 7.98. The first-order valence-electron chi connectivity index (χ1n) is 6.72. The third kappa shape index (κ3) is 5.11. The smallest absolute Gasteiger partial charge is 0.307 e. The van der Waals surface area contributed by atoms with Gasteiger partial charge in [0.05, 0.1) is 5.69 Å². The topological polar surface area (TPSA) is 58.6 Å². The molecule has 0 bridgehead atoms. The fraction of sp³-hybridized carbons (Fsp3) is 0.769. The van der Waals surface area contributed by atoms with E-state index in [4.69, 9.17) is 0 Å². The number of unbranched alkanes of at least 4 members (excludes halogenated alkanes) is 4. The molecule has 96 valence electrons. The highest BCUT2D eigenvalue weighted by Gasteiger charge is 2.06. The van der Waals surface area contributed by atoms with E-state index in [1.807, 2.05) is 0 Å². The Bertz CT molecular complexity index is 373. The maximum Gasteiger partial charge on any atom is 0.363 e. The third-order valence-electron chi connectivity index (χ3n) is 2.92. The van der Waals surface area contributed by atoms with Gasteiger partial charge in [0.25, 0.3) is 0 Å². The van der Waals surface area contributed by atoms with Crippen LogP contribution in [0.15, 0.2) is 4.79 Å². The highest BCUT2D eigenvalue weighted by molar-refractivity contribution is 5.08. The van der Waals surface area contributed by atoms with Crippen LogP contribution in [-0.2, 0) is 12.8 Å². The van der Waals surface area contributed by atoms with Crippen molar-refractivity contribution in [1.29, 1.82) is 0 Å². The molecule has 0 unspecified atom stereocenters. The van der Waals surface area contributed by atoms with Gasteiger partial charge in [-0.1, -0.05) is 44.6 Å². The minimum atomic E-state index is -0.323. The number of nitrogens with one attached hydrogen (secondary N) is 1. The molecule has 17 heavy (non-hydrogen) atoms. The fourth-order valence-electron chi connectivity index (χ4n) is 1.89. The Balaban J connectivity index is 2.62. The molecule has 0 spiro atoms. The van der Waals surface area contributed by atoms with Crippen LogP contribution >= 0.6 is 0 Å². The second-order valence-corrected chi connectivity index (χ2v) is 4.47. The Morgan fingerprint density at radius 2 is 1.59 bits per heavy atom. The van der Waals surface area contributed by atoms with Gasteiger partial charge in [0, 0.05) is 5.69 Å². The molecule has 0 atom stereocenters. The number of hydrogen-bond donors (Lipinski definition) is 1. The summed E-state index contributed by atoms with van der Waals surface area (Å²) in [7, 11) is 0. The molecule has 0 aliphatic rings. The van der Waals surface area contributed by atoms with Gasteiger partial charge in [-0.05, 0) is 25.7 Å². The molecule has 0 aliphatic heterocycles. The van der Waals surface area contributed by atoms with Crippen LogP contribution in [0, 0.1) is 0 Å². The second-order valence-electron chi connectivity index (χ2n) is 4.47. The molecule has 1 aromatic heterocycles. The Morgan fingerprint density at radius 3 is 2.24 bits per heavy atom. The van der Waals surface area contributed by atoms with Crippen molar-refractivity contribution in [3.05, 3.63) is 21.9 Å². The molecule has 0 radical (unpaired) electrons. The molecular formula is C13H23N3O. The van der Waals surface area contributed by atoms with Crippen molar-refractivity contribution in [3.63, 3.8) is 0 Å². The minimum absolute atomic E-state index is 0.323. The van der Waals surface area contributed by atoms with E-state index in [-0.39, 0.29) is 5.69 Å². The van der Waals surface area contributed by atoms with Gasteiger partial charge in [-0.3, -0.25) is 0 Å². The SMILES string of the molecule is CCCCCc1nnc(=O)[nH]c1CCCCC. The molecule has 0 aliphatic carbocycles. The molecule has 4 nitrogen and oxygen atoms in total. The molecule has 1 rings (SSSR count). The average Bonchev–Trinajstić information content (AvgIpc) is 2.32. The van der Waals surface area contributed by atoms with Crippen LogP contribution in [0.4, 0.5) is 0 Å². The number of hydrogen-bond acceptors (Lipinski definition) is 3. The summed E-state index contributed by atoms with van der Waals surface area (Å²) in [5, 5.41) is 7.62. The number of aromatic nitrogens is 3. The molecule has 0 fully saturated rings. The lowest BCUT2D eigenvalue weighted by Gasteiger charge is -2.06. The summed E-state index contributed by atoms with van der Waals surface area (Å²) in [5.41, 5.74) is 1.65. The summed E-state index contributed by atoms with van der Waals surface area (Å²) in [6.07, 6.45) is 8.86. The molecule has 0 aromatic carbocycles. The van der Waals surface area contributed by atoms with Gasteiger partial charge in [0.15, 0.2) is 0 Å². The van der Waals surface area contributed by atoms with Crippen LogP contribution in [0.5, 0.6) is 0 Å². The maximum atomic E-state index is 11.2. The molecule has 1 aromatic rings. The summed E-state index contributed by atoms with van der Waals surface area (Å²) in [6.45, 7) is 4.36. The van der Waals surface area contributed by atoms with Gasteiger partial charge >= 0.3 is 5.69 Å². The van der Waals surface area contributed by atoms with Crippen LogP contribution in [-0.4, -0.2) is 15.2 Å². The molecule has 1 heterocycles. The third-order valence-corrected chi connectivity index (χ3v) is 2.92. The first-order valence-corrected chi connectivity index (χ1v) is 6.72. The van der Waals surface area contributed by atoms with Gasteiger partial charge in [-0.15, -0.1) is 5.10 Å². The van der Waals surface area contributed by atoms with E-state index in [1.54, 1.807) is 0 Å². The summed E-state index contributed by atoms with van der Waals surface area (Å²) in [6, 6.07) is 0. The average molecular weight is 237 g/mol. The lowest BCUT2D eigenvalue weighted by atomic mass is 10.1. The van der Waals surface area contributed by atoms with Crippen molar-refractivity contribution in [2.24, 2.45) is 0 Å². The highest BCUT2D eigenvalue weighted by Crippen LogP contribution is 2.09. The van der Waals surface area contributed by atoms with Crippen LogP contribution in [0.3, 0.4) is 0 Å². The predicted molar refractivity (Wildman–Crippen MR) is 69.1 cm³/mol. The summed E-state index contributed by atoms with van der Waals surface area (Å²) in [5.74, 6) is 0. The van der Waals surface area contributed by atoms with E-state index < -0.39 is 0 Å². The molecule has 0 saturated carbocycles. The standard InChI is InChI=1S/C13H23N3O/c1-3-5-7-9-11-12(10-8-6-4-2)15-16-13(17)14-11/h3-10H2,1-2H3,(H,14,16,17). The normalized spacial score (nSPS) is 10.7. The number of H-pyrrole nitrogens is 1. The Kier molecular flexibility index (Phi) is 6.51.